The van der Waals surface area contributed by atoms with Gasteiger partial charge in [0.2, 0.25) is 0 Å². The summed E-state index contributed by atoms with van der Waals surface area (Å²) in [6, 6.07) is 72.2. The van der Waals surface area contributed by atoms with E-state index in [0.717, 1.165) is 28.1 Å². The Morgan fingerprint density at radius 3 is 1.67 bits per heavy atom. The van der Waals surface area contributed by atoms with Crippen LogP contribution in [0.1, 0.15) is 49.9 Å². The van der Waals surface area contributed by atoms with Crippen LogP contribution >= 0.6 is 11.3 Å². The highest BCUT2D eigenvalue weighted by Crippen LogP contribution is 2.52. The van der Waals surface area contributed by atoms with Gasteiger partial charge in [0.05, 0.1) is 11.0 Å². The highest BCUT2D eigenvalue weighted by molar-refractivity contribution is 7.26. The number of thiophene rings is 1. The number of nitrogens with zero attached hydrogens (tertiary/aromatic N) is 2. The van der Waals surface area contributed by atoms with Crippen molar-refractivity contribution in [2.45, 2.75) is 38.5 Å². The predicted molar refractivity (Wildman–Crippen MR) is 271 cm³/mol. The van der Waals surface area contributed by atoms with Crippen molar-refractivity contribution < 1.29 is 0 Å². The van der Waals surface area contributed by atoms with E-state index in [4.69, 9.17) is 4.98 Å². The number of fused-ring (bicyclic) bond motifs is 10. The van der Waals surface area contributed by atoms with Gasteiger partial charge < -0.3 is 0 Å². The first-order chi connectivity index (χ1) is 31.2. The standard InChI is InChI=1S/C61H44N2S/c1-60(2)51-21-10-8-19-44(51)46-28-25-38(35-53(46)60)37-27-30-57-49(32-37)50-34-42(39-26-29-47-45-20-9-11-22-52(45)61(3,4)54(47)36-39)33-48(58(50)64-57)40-15-14-16-41(31-40)59-62-55-23-12-13-24-56(55)63(59)43-17-6-5-7-18-43/h5-36H,1-4H3. The Kier molecular flexibility index (Phi) is 7.91. The molecule has 2 heterocycles. The van der Waals surface area contributed by atoms with Gasteiger partial charge in [-0.2, -0.15) is 0 Å². The largest absolute Gasteiger partial charge is 0.292 e. The van der Waals surface area contributed by atoms with E-state index in [1.807, 2.05) is 11.3 Å². The molecule has 0 radical (unpaired) electrons. The summed E-state index contributed by atoms with van der Waals surface area (Å²) in [5.41, 5.74) is 22.4. The number of benzene rings is 9. The topological polar surface area (TPSA) is 17.8 Å². The zero-order valence-corrected chi connectivity index (χ0v) is 37.1. The molecule has 0 unspecified atom stereocenters. The van der Waals surface area contributed by atoms with Gasteiger partial charge in [-0.25, -0.2) is 4.98 Å². The number of imidazole rings is 1. The smallest absolute Gasteiger partial charge is 0.145 e. The van der Waals surface area contributed by atoms with Crippen LogP contribution in [0.4, 0.5) is 0 Å². The predicted octanol–water partition coefficient (Wildman–Crippen LogP) is 16.7. The summed E-state index contributed by atoms with van der Waals surface area (Å²) >= 11 is 1.90. The molecule has 0 saturated heterocycles. The van der Waals surface area contributed by atoms with E-state index in [-0.39, 0.29) is 10.8 Å². The summed E-state index contributed by atoms with van der Waals surface area (Å²) < 4.78 is 4.88. The molecule has 64 heavy (non-hydrogen) atoms. The minimum absolute atomic E-state index is 0.0593. The van der Waals surface area contributed by atoms with Gasteiger partial charge in [-0.1, -0.05) is 155 Å². The molecule has 13 rings (SSSR count). The Bertz CT molecular complexity index is 3730. The molecule has 0 atom stereocenters. The van der Waals surface area contributed by atoms with Crippen LogP contribution in [0.3, 0.4) is 0 Å². The van der Waals surface area contributed by atoms with E-state index in [2.05, 4.69) is 226 Å². The van der Waals surface area contributed by atoms with Crippen LogP contribution in [0.5, 0.6) is 0 Å². The Balaban J connectivity index is 1.01. The lowest BCUT2D eigenvalue weighted by Crippen LogP contribution is -2.14. The summed E-state index contributed by atoms with van der Waals surface area (Å²) in [6.45, 7) is 9.48. The lowest BCUT2D eigenvalue weighted by Gasteiger charge is -2.22. The summed E-state index contributed by atoms with van der Waals surface area (Å²) in [5, 5.41) is 2.58. The number of aromatic nitrogens is 2. The van der Waals surface area contributed by atoms with Crippen LogP contribution in [-0.2, 0) is 10.8 Å². The molecule has 11 aromatic rings. The van der Waals surface area contributed by atoms with Crippen molar-refractivity contribution >= 4 is 42.5 Å². The summed E-state index contributed by atoms with van der Waals surface area (Å²) in [7, 11) is 0. The minimum Gasteiger partial charge on any atom is -0.292 e. The quantitative estimate of drug-likeness (QED) is 0.169. The van der Waals surface area contributed by atoms with Crippen LogP contribution in [0, 0.1) is 0 Å². The monoisotopic (exact) mass is 836 g/mol. The number of para-hydroxylation sites is 3. The van der Waals surface area contributed by atoms with Crippen molar-refractivity contribution in [2.75, 3.05) is 0 Å². The molecule has 0 spiro atoms. The van der Waals surface area contributed by atoms with Gasteiger partial charge in [0.25, 0.3) is 0 Å². The highest BCUT2D eigenvalue weighted by Gasteiger charge is 2.36. The van der Waals surface area contributed by atoms with Gasteiger partial charge in [0.15, 0.2) is 0 Å². The minimum atomic E-state index is -0.0941. The van der Waals surface area contributed by atoms with Gasteiger partial charge in [-0.3, -0.25) is 4.57 Å². The molecule has 2 aliphatic carbocycles. The van der Waals surface area contributed by atoms with Crippen molar-refractivity contribution in [1.29, 1.82) is 0 Å². The first-order valence-corrected chi connectivity index (χ1v) is 23.2. The average molecular weight is 837 g/mol. The Morgan fingerprint density at radius 2 is 0.953 bits per heavy atom. The van der Waals surface area contributed by atoms with Crippen LogP contribution in [0.25, 0.3) is 104 Å². The van der Waals surface area contributed by atoms with Crippen molar-refractivity contribution in [3.63, 3.8) is 0 Å². The van der Waals surface area contributed by atoms with E-state index in [0.29, 0.717) is 0 Å². The summed E-state index contributed by atoms with van der Waals surface area (Å²) in [6.07, 6.45) is 0. The Morgan fingerprint density at radius 1 is 0.391 bits per heavy atom. The van der Waals surface area contributed by atoms with Crippen LogP contribution < -0.4 is 0 Å². The second-order valence-electron chi connectivity index (χ2n) is 18.8. The lowest BCUT2D eigenvalue weighted by atomic mass is 9.81. The Hall–Kier alpha value is -7.33. The molecular weight excluding hydrogens is 793 g/mol. The fraction of sp³-hybridized carbons (Fsp3) is 0.0984. The SMILES string of the molecule is CC1(C)c2ccccc2-c2ccc(-c3ccc4sc5c(-c6cccc(-c7nc8ccccc8n7-c7ccccc7)c6)cc(-c6ccc7c(c6)C(C)(C)c6ccccc6-7)cc5c4c3)cc21. The second kappa shape index (κ2) is 13.6. The van der Waals surface area contributed by atoms with Gasteiger partial charge in [0.1, 0.15) is 5.82 Å². The number of hydrogen-bond acceptors (Lipinski definition) is 2. The third-order valence-electron chi connectivity index (χ3n) is 14.4. The first kappa shape index (κ1) is 37.2. The van der Waals surface area contributed by atoms with Crippen molar-refractivity contribution in [1.82, 2.24) is 9.55 Å². The molecule has 9 aromatic carbocycles. The Labute approximate surface area is 377 Å². The maximum Gasteiger partial charge on any atom is 0.145 e. The fourth-order valence-corrected chi connectivity index (χ4v) is 12.3. The zero-order chi connectivity index (χ0) is 42.9. The van der Waals surface area contributed by atoms with E-state index in [9.17, 15) is 0 Å². The van der Waals surface area contributed by atoms with E-state index >= 15 is 0 Å². The summed E-state index contributed by atoms with van der Waals surface area (Å²) in [5.74, 6) is 0.934. The van der Waals surface area contributed by atoms with Crippen molar-refractivity contribution in [3.8, 4) is 72.7 Å². The molecule has 0 amide bonds. The molecule has 0 saturated carbocycles. The molecule has 2 aliphatic rings. The van der Waals surface area contributed by atoms with Crippen LogP contribution in [0.2, 0.25) is 0 Å². The fourth-order valence-electron chi connectivity index (χ4n) is 11.1. The molecule has 304 valence electrons. The molecule has 0 bridgehead atoms. The van der Waals surface area contributed by atoms with Crippen LogP contribution in [-0.4, -0.2) is 9.55 Å². The highest BCUT2D eigenvalue weighted by atomic mass is 32.1. The van der Waals surface area contributed by atoms with Crippen LogP contribution in [0.15, 0.2) is 194 Å². The first-order valence-electron chi connectivity index (χ1n) is 22.4. The molecule has 2 aromatic heterocycles. The summed E-state index contributed by atoms with van der Waals surface area (Å²) in [4.78, 5) is 5.27. The van der Waals surface area contributed by atoms with E-state index < -0.39 is 0 Å². The van der Waals surface area contributed by atoms with Gasteiger partial charge in [-0.15, -0.1) is 11.3 Å². The molecule has 2 nitrogen and oxygen atoms in total. The molecule has 0 aliphatic heterocycles. The third kappa shape index (κ3) is 5.41. The van der Waals surface area contributed by atoms with Crippen molar-refractivity contribution in [2.24, 2.45) is 0 Å². The van der Waals surface area contributed by atoms with E-state index in [1.54, 1.807) is 0 Å². The van der Waals surface area contributed by atoms with Gasteiger partial charge in [0, 0.05) is 47.8 Å². The molecule has 0 N–H and O–H groups in total. The normalized spacial score (nSPS) is 14.2. The second-order valence-corrected chi connectivity index (χ2v) is 19.8. The van der Waals surface area contributed by atoms with Gasteiger partial charge in [-0.05, 0) is 139 Å². The third-order valence-corrected chi connectivity index (χ3v) is 15.6. The molecular formula is C61H44N2S. The van der Waals surface area contributed by atoms with Gasteiger partial charge >= 0.3 is 0 Å². The molecule has 3 heteroatoms. The average Bonchev–Trinajstić information content (AvgIpc) is 4.04. The van der Waals surface area contributed by atoms with E-state index in [1.165, 1.54) is 98.1 Å². The maximum absolute atomic E-state index is 5.27. The number of hydrogen-bond donors (Lipinski definition) is 0. The van der Waals surface area contributed by atoms with Crippen molar-refractivity contribution in [3.05, 3.63) is 216 Å². The maximum atomic E-state index is 5.27. The number of rotatable bonds is 5. The molecule has 0 fully saturated rings. The lowest BCUT2D eigenvalue weighted by molar-refractivity contribution is 0.660. The zero-order valence-electron chi connectivity index (χ0n) is 36.3.